The maximum absolute atomic E-state index is 13.1. The quantitative estimate of drug-likeness (QED) is 0.643. The zero-order chi connectivity index (χ0) is 19.3. The highest BCUT2D eigenvalue weighted by atomic mass is 35.5. The molecule has 1 aliphatic heterocycles. The molecule has 3 aromatic rings. The van der Waals surface area contributed by atoms with Crippen LogP contribution in [0.25, 0.3) is 16.4 Å². The van der Waals surface area contributed by atoms with Crippen molar-refractivity contribution >= 4 is 29.7 Å². The molecule has 0 bridgehead atoms. The van der Waals surface area contributed by atoms with Gasteiger partial charge in [-0.2, -0.15) is 0 Å². The number of nitrogens with zero attached hydrogens (tertiary/aromatic N) is 4. The molecule has 0 radical (unpaired) electrons. The monoisotopic (exact) mass is 431 g/mol. The second-order valence-electron chi connectivity index (χ2n) is 7.03. The SMILES string of the molecule is CCNCC1CCN(C(=O)c2nc(-c3cccs3)n(-c3ccccc3)n2)CC1.Cl. The number of aromatic nitrogens is 3. The molecule has 1 N–H and O–H groups in total. The van der Waals surface area contributed by atoms with Crippen LogP contribution >= 0.6 is 23.7 Å². The zero-order valence-corrected chi connectivity index (χ0v) is 18.1. The van der Waals surface area contributed by atoms with Crippen LogP contribution in [0.1, 0.15) is 30.4 Å². The van der Waals surface area contributed by atoms with Crippen LogP contribution in [0, 0.1) is 5.92 Å². The maximum Gasteiger partial charge on any atom is 0.293 e. The van der Waals surface area contributed by atoms with E-state index in [0.29, 0.717) is 11.7 Å². The van der Waals surface area contributed by atoms with E-state index in [1.807, 2.05) is 52.7 Å². The lowest BCUT2D eigenvalue weighted by Crippen LogP contribution is -2.41. The van der Waals surface area contributed by atoms with Gasteiger partial charge in [0.25, 0.3) is 5.91 Å². The van der Waals surface area contributed by atoms with Crippen molar-refractivity contribution < 1.29 is 4.79 Å². The van der Waals surface area contributed by atoms with E-state index in [9.17, 15) is 4.79 Å². The average Bonchev–Trinajstić information content (AvgIpc) is 3.42. The second kappa shape index (κ2) is 10.0. The van der Waals surface area contributed by atoms with Gasteiger partial charge in [0.1, 0.15) is 0 Å². The standard InChI is InChI=1S/C21H25N5OS.ClH/c1-2-22-15-16-10-12-25(13-11-16)21(27)19-23-20(18-9-6-14-28-18)26(24-19)17-7-4-3-5-8-17;/h3-9,14,16,22H,2,10-13,15H2,1H3;1H. The molecular formula is C21H26ClN5OS. The second-order valence-corrected chi connectivity index (χ2v) is 7.97. The van der Waals surface area contributed by atoms with Crippen LogP contribution in [0.4, 0.5) is 0 Å². The van der Waals surface area contributed by atoms with Crippen molar-refractivity contribution in [3.05, 3.63) is 53.7 Å². The van der Waals surface area contributed by atoms with Crippen molar-refractivity contribution in [3.63, 3.8) is 0 Å². The van der Waals surface area contributed by atoms with Gasteiger partial charge in [0.15, 0.2) is 5.82 Å². The summed E-state index contributed by atoms with van der Waals surface area (Å²) in [5.74, 6) is 1.55. The number of nitrogens with one attached hydrogen (secondary N) is 1. The van der Waals surface area contributed by atoms with Crippen LogP contribution in [-0.4, -0.2) is 51.8 Å². The Morgan fingerprint density at radius 1 is 1.17 bits per heavy atom. The molecule has 4 rings (SSSR count). The van der Waals surface area contributed by atoms with Crippen molar-refractivity contribution in [2.24, 2.45) is 5.92 Å². The number of hydrogen-bond donors (Lipinski definition) is 1. The molecule has 1 aliphatic rings. The van der Waals surface area contributed by atoms with E-state index in [2.05, 4.69) is 22.3 Å². The molecule has 3 heterocycles. The number of piperidine rings is 1. The fourth-order valence-electron chi connectivity index (χ4n) is 3.55. The first kappa shape index (κ1) is 21.5. The fourth-order valence-corrected chi connectivity index (χ4v) is 4.25. The molecule has 8 heteroatoms. The Morgan fingerprint density at radius 2 is 1.93 bits per heavy atom. The summed E-state index contributed by atoms with van der Waals surface area (Å²) in [4.78, 5) is 20.6. The lowest BCUT2D eigenvalue weighted by Gasteiger charge is -2.31. The van der Waals surface area contributed by atoms with Crippen molar-refractivity contribution in [2.75, 3.05) is 26.2 Å². The van der Waals surface area contributed by atoms with E-state index >= 15 is 0 Å². The summed E-state index contributed by atoms with van der Waals surface area (Å²) in [6.07, 6.45) is 2.05. The van der Waals surface area contributed by atoms with E-state index in [-0.39, 0.29) is 24.1 Å². The molecule has 0 atom stereocenters. The normalized spacial score (nSPS) is 14.6. The smallest absolute Gasteiger partial charge is 0.293 e. The van der Waals surface area contributed by atoms with Gasteiger partial charge in [-0.25, -0.2) is 9.67 Å². The average molecular weight is 432 g/mol. The number of para-hydroxylation sites is 1. The fraction of sp³-hybridized carbons (Fsp3) is 0.381. The summed E-state index contributed by atoms with van der Waals surface area (Å²) in [5, 5.41) is 10.0. The largest absolute Gasteiger partial charge is 0.336 e. The maximum atomic E-state index is 13.1. The van der Waals surface area contributed by atoms with Gasteiger partial charge in [0, 0.05) is 13.1 Å². The van der Waals surface area contributed by atoms with Gasteiger partial charge in [-0.05, 0) is 55.4 Å². The van der Waals surface area contributed by atoms with Crippen LogP contribution in [0.3, 0.4) is 0 Å². The van der Waals surface area contributed by atoms with E-state index in [1.165, 1.54) is 0 Å². The number of carbonyl (C=O) groups excluding carboxylic acids is 1. The predicted octanol–water partition coefficient (Wildman–Crippen LogP) is 3.88. The van der Waals surface area contributed by atoms with Crippen LogP contribution in [0.2, 0.25) is 0 Å². The molecule has 6 nitrogen and oxygen atoms in total. The van der Waals surface area contributed by atoms with Gasteiger partial charge in [-0.15, -0.1) is 28.8 Å². The molecule has 29 heavy (non-hydrogen) atoms. The molecule has 0 spiro atoms. The highest BCUT2D eigenvalue weighted by Crippen LogP contribution is 2.26. The topological polar surface area (TPSA) is 63.1 Å². The number of amides is 1. The Labute approximate surface area is 181 Å². The van der Waals surface area contributed by atoms with Gasteiger partial charge in [0.2, 0.25) is 5.82 Å². The van der Waals surface area contributed by atoms with Crippen molar-refractivity contribution in [1.82, 2.24) is 25.0 Å². The molecule has 0 unspecified atom stereocenters. The Kier molecular flexibility index (Phi) is 7.41. The van der Waals surface area contributed by atoms with E-state index in [4.69, 9.17) is 0 Å². The molecule has 1 saturated heterocycles. The van der Waals surface area contributed by atoms with Gasteiger partial charge < -0.3 is 10.2 Å². The van der Waals surface area contributed by atoms with Crippen molar-refractivity contribution in [2.45, 2.75) is 19.8 Å². The minimum absolute atomic E-state index is 0. The van der Waals surface area contributed by atoms with E-state index in [1.54, 1.807) is 16.0 Å². The van der Waals surface area contributed by atoms with Crippen LogP contribution in [0.5, 0.6) is 0 Å². The molecule has 154 valence electrons. The molecule has 0 saturated carbocycles. The highest BCUT2D eigenvalue weighted by Gasteiger charge is 2.27. The molecule has 2 aromatic heterocycles. The molecule has 1 aromatic carbocycles. The third-order valence-electron chi connectivity index (χ3n) is 5.13. The summed E-state index contributed by atoms with van der Waals surface area (Å²) in [7, 11) is 0. The first-order chi connectivity index (χ1) is 13.8. The van der Waals surface area contributed by atoms with Crippen LogP contribution < -0.4 is 5.32 Å². The first-order valence-electron chi connectivity index (χ1n) is 9.82. The third kappa shape index (κ3) is 4.86. The van der Waals surface area contributed by atoms with E-state index in [0.717, 1.165) is 49.6 Å². The predicted molar refractivity (Wildman–Crippen MR) is 119 cm³/mol. The number of benzene rings is 1. The number of hydrogen-bond acceptors (Lipinski definition) is 5. The van der Waals surface area contributed by atoms with Gasteiger partial charge >= 0.3 is 0 Å². The van der Waals surface area contributed by atoms with Crippen molar-refractivity contribution in [3.8, 4) is 16.4 Å². The summed E-state index contributed by atoms with van der Waals surface area (Å²) in [6.45, 7) is 5.68. The Bertz CT molecular complexity index is 905. The summed E-state index contributed by atoms with van der Waals surface area (Å²) in [5.41, 5.74) is 0.904. The van der Waals surface area contributed by atoms with Gasteiger partial charge in [0.05, 0.1) is 10.6 Å². The minimum Gasteiger partial charge on any atom is -0.336 e. The first-order valence-corrected chi connectivity index (χ1v) is 10.7. The molecule has 1 fully saturated rings. The lowest BCUT2D eigenvalue weighted by molar-refractivity contribution is 0.0678. The van der Waals surface area contributed by atoms with E-state index < -0.39 is 0 Å². The Balaban J connectivity index is 0.00000240. The van der Waals surface area contributed by atoms with Gasteiger partial charge in [-0.3, -0.25) is 4.79 Å². The lowest BCUT2D eigenvalue weighted by atomic mass is 9.97. The molecular weight excluding hydrogens is 406 g/mol. The summed E-state index contributed by atoms with van der Waals surface area (Å²) >= 11 is 1.60. The molecule has 0 aliphatic carbocycles. The van der Waals surface area contributed by atoms with Gasteiger partial charge in [-0.1, -0.05) is 31.2 Å². The number of likely N-dealkylation sites (tertiary alicyclic amines) is 1. The number of halogens is 1. The zero-order valence-electron chi connectivity index (χ0n) is 16.5. The minimum atomic E-state index is -0.0746. The third-order valence-corrected chi connectivity index (χ3v) is 5.99. The van der Waals surface area contributed by atoms with Crippen LogP contribution in [-0.2, 0) is 0 Å². The Morgan fingerprint density at radius 3 is 2.59 bits per heavy atom. The highest BCUT2D eigenvalue weighted by molar-refractivity contribution is 7.13. The molecule has 1 amide bonds. The van der Waals surface area contributed by atoms with Crippen LogP contribution in [0.15, 0.2) is 47.8 Å². The number of thiophene rings is 1. The summed E-state index contributed by atoms with van der Waals surface area (Å²) in [6, 6.07) is 13.8. The Hall–Kier alpha value is -2.22. The number of rotatable bonds is 6. The number of carbonyl (C=O) groups is 1. The summed E-state index contributed by atoms with van der Waals surface area (Å²) < 4.78 is 1.77. The van der Waals surface area contributed by atoms with Crippen molar-refractivity contribution in [1.29, 1.82) is 0 Å².